The van der Waals surface area contributed by atoms with E-state index in [1.54, 1.807) is 18.9 Å². The molecule has 0 bridgehead atoms. The molecule has 1 unspecified atom stereocenters. The normalized spacial score (nSPS) is 16.9. The summed E-state index contributed by atoms with van der Waals surface area (Å²) in [6.07, 6.45) is 4.45. The molecule has 1 aliphatic rings. The van der Waals surface area contributed by atoms with Crippen molar-refractivity contribution in [2.75, 3.05) is 13.7 Å². The fourth-order valence-corrected chi connectivity index (χ4v) is 4.11. The van der Waals surface area contributed by atoms with E-state index in [9.17, 15) is 9.59 Å². The molecule has 0 saturated carbocycles. The number of methoxy groups -OCH3 is 1. The second-order valence-electron chi connectivity index (χ2n) is 5.73. The molecule has 5 nitrogen and oxygen atoms in total. The van der Waals surface area contributed by atoms with Crippen molar-refractivity contribution < 1.29 is 14.3 Å². The average Bonchev–Trinajstić information content (AvgIpc) is 3.18. The molecule has 3 rings (SSSR count). The van der Waals surface area contributed by atoms with Crippen LogP contribution in [0.15, 0.2) is 29.2 Å². The summed E-state index contributed by atoms with van der Waals surface area (Å²) in [4.78, 5) is 26.5. The molecule has 2 heterocycles. The smallest absolute Gasteiger partial charge is 0.216 e. The summed E-state index contributed by atoms with van der Waals surface area (Å²) in [6, 6.07) is 5.95. The van der Waals surface area contributed by atoms with Gasteiger partial charge in [0.25, 0.3) is 0 Å². The highest BCUT2D eigenvalue weighted by atomic mass is 32.2. The van der Waals surface area contributed by atoms with Gasteiger partial charge in [0.15, 0.2) is 6.29 Å². The van der Waals surface area contributed by atoms with Gasteiger partial charge in [0, 0.05) is 35.0 Å². The largest absolute Gasteiger partial charge is 0.497 e. The number of benzene rings is 1. The molecule has 0 fully saturated rings. The number of H-pyrrole nitrogens is 1. The highest BCUT2D eigenvalue weighted by Gasteiger charge is 2.25. The van der Waals surface area contributed by atoms with Crippen LogP contribution in [-0.4, -0.2) is 30.8 Å². The third-order valence-electron chi connectivity index (χ3n) is 4.14. The number of allylic oxidation sites excluding steroid dienone is 2. The van der Waals surface area contributed by atoms with E-state index in [2.05, 4.69) is 10.3 Å². The number of carbonyl (C=O) groups excluding carboxylic acids is 2. The summed E-state index contributed by atoms with van der Waals surface area (Å²) in [5.74, 6) is 0.772. The Balaban J connectivity index is 1.96. The SMILES string of the molecule is COc1ccc2[nH]c(C3CC=C(C=O)S3)c(CCNC(C)=O)c2c1. The van der Waals surface area contributed by atoms with E-state index in [1.807, 2.05) is 24.3 Å². The van der Waals surface area contributed by atoms with Crippen LogP contribution in [0.1, 0.15) is 29.9 Å². The van der Waals surface area contributed by atoms with Gasteiger partial charge in [-0.05, 0) is 36.6 Å². The Morgan fingerprint density at radius 3 is 3.00 bits per heavy atom. The predicted octanol–water partition coefficient (Wildman–Crippen LogP) is 3.12. The van der Waals surface area contributed by atoms with Gasteiger partial charge in [0.05, 0.1) is 12.4 Å². The van der Waals surface area contributed by atoms with Gasteiger partial charge in [0.1, 0.15) is 5.75 Å². The van der Waals surface area contributed by atoms with Crippen LogP contribution in [0, 0.1) is 0 Å². The number of hydrogen-bond acceptors (Lipinski definition) is 4. The number of ether oxygens (including phenoxy) is 1. The minimum absolute atomic E-state index is 0.0332. The van der Waals surface area contributed by atoms with Crippen molar-refractivity contribution in [2.24, 2.45) is 0 Å². The molecule has 1 aromatic heterocycles. The van der Waals surface area contributed by atoms with Crippen LogP contribution < -0.4 is 10.1 Å². The molecule has 126 valence electrons. The van der Waals surface area contributed by atoms with E-state index >= 15 is 0 Å². The fraction of sp³-hybridized carbons (Fsp3) is 0.333. The summed E-state index contributed by atoms with van der Waals surface area (Å²) in [6.45, 7) is 2.10. The molecule has 1 aliphatic heterocycles. The third kappa shape index (κ3) is 3.33. The van der Waals surface area contributed by atoms with Gasteiger partial charge in [-0.15, -0.1) is 11.8 Å². The van der Waals surface area contributed by atoms with Gasteiger partial charge in [-0.25, -0.2) is 0 Å². The maximum atomic E-state index is 11.2. The minimum atomic E-state index is -0.0332. The van der Waals surface area contributed by atoms with E-state index in [0.717, 1.165) is 46.4 Å². The monoisotopic (exact) mass is 344 g/mol. The number of thioether (sulfide) groups is 1. The molecule has 2 aromatic rings. The van der Waals surface area contributed by atoms with E-state index in [1.165, 1.54) is 12.5 Å². The van der Waals surface area contributed by atoms with Crippen LogP contribution >= 0.6 is 11.8 Å². The van der Waals surface area contributed by atoms with Gasteiger partial charge in [-0.2, -0.15) is 0 Å². The number of nitrogens with one attached hydrogen (secondary N) is 2. The van der Waals surface area contributed by atoms with Crippen LogP contribution in [0.3, 0.4) is 0 Å². The number of carbonyl (C=O) groups is 2. The van der Waals surface area contributed by atoms with E-state index < -0.39 is 0 Å². The number of rotatable bonds is 6. The molecule has 24 heavy (non-hydrogen) atoms. The summed E-state index contributed by atoms with van der Waals surface area (Å²) in [7, 11) is 1.65. The Morgan fingerprint density at radius 1 is 1.50 bits per heavy atom. The Bertz CT molecular complexity index is 810. The standard InChI is InChI=1S/C18H20N2O3S/c1-11(22)19-8-7-14-15-9-12(23-2)3-5-16(15)20-18(14)17-6-4-13(10-21)24-17/h3-5,9-10,17,20H,6-8H2,1-2H3,(H,19,22). The van der Waals surface area contributed by atoms with Crippen LogP contribution in [0.2, 0.25) is 0 Å². The fourth-order valence-electron chi connectivity index (χ4n) is 3.02. The van der Waals surface area contributed by atoms with Crippen LogP contribution in [0.25, 0.3) is 10.9 Å². The first-order valence-corrected chi connectivity index (χ1v) is 8.75. The summed E-state index contributed by atoms with van der Waals surface area (Å²) >= 11 is 1.59. The van der Waals surface area contributed by atoms with Gasteiger partial charge in [-0.3, -0.25) is 9.59 Å². The lowest BCUT2D eigenvalue weighted by atomic mass is 10.0. The molecular weight excluding hydrogens is 324 g/mol. The van der Waals surface area contributed by atoms with Crippen LogP contribution in [-0.2, 0) is 16.0 Å². The summed E-state index contributed by atoms with van der Waals surface area (Å²) in [5.41, 5.74) is 3.35. The second-order valence-corrected chi connectivity index (χ2v) is 7.00. The van der Waals surface area contributed by atoms with Crippen molar-refractivity contribution in [2.45, 2.75) is 25.0 Å². The van der Waals surface area contributed by atoms with Crippen molar-refractivity contribution in [3.05, 3.63) is 40.4 Å². The first-order chi connectivity index (χ1) is 11.6. The number of amides is 1. The molecule has 2 N–H and O–H groups in total. The quantitative estimate of drug-likeness (QED) is 0.790. The Hall–Kier alpha value is -2.21. The summed E-state index contributed by atoms with van der Waals surface area (Å²) in [5, 5.41) is 4.17. The minimum Gasteiger partial charge on any atom is -0.497 e. The molecule has 0 aliphatic carbocycles. The second kappa shape index (κ2) is 7.13. The van der Waals surface area contributed by atoms with Gasteiger partial charge in [0.2, 0.25) is 5.91 Å². The Kier molecular flexibility index (Phi) is 4.94. The van der Waals surface area contributed by atoms with Crippen LogP contribution in [0.4, 0.5) is 0 Å². The lowest BCUT2D eigenvalue weighted by Gasteiger charge is -2.11. The molecule has 1 amide bonds. The zero-order valence-electron chi connectivity index (χ0n) is 13.7. The van der Waals surface area contributed by atoms with Crippen LogP contribution in [0.5, 0.6) is 5.75 Å². The third-order valence-corrected chi connectivity index (χ3v) is 5.39. The molecule has 6 heteroatoms. The number of fused-ring (bicyclic) bond motifs is 1. The van der Waals surface area contributed by atoms with Gasteiger partial charge < -0.3 is 15.0 Å². The lowest BCUT2D eigenvalue weighted by Crippen LogP contribution is -2.22. The molecule has 1 aromatic carbocycles. The molecule has 0 saturated heterocycles. The van der Waals surface area contributed by atoms with Crippen molar-refractivity contribution in [3.63, 3.8) is 0 Å². The highest BCUT2D eigenvalue weighted by Crippen LogP contribution is 2.45. The zero-order chi connectivity index (χ0) is 17.1. The first kappa shape index (κ1) is 16.6. The van der Waals surface area contributed by atoms with E-state index in [4.69, 9.17) is 4.74 Å². The van der Waals surface area contributed by atoms with E-state index in [0.29, 0.717) is 6.54 Å². The molecular formula is C18H20N2O3S. The number of hydrogen-bond donors (Lipinski definition) is 2. The lowest BCUT2D eigenvalue weighted by molar-refractivity contribution is -0.118. The Labute approximate surface area is 144 Å². The average molecular weight is 344 g/mol. The van der Waals surface area contributed by atoms with Crippen molar-refractivity contribution in [3.8, 4) is 5.75 Å². The first-order valence-electron chi connectivity index (χ1n) is 7.87. The maximum Gasteiger partial charge on any atom is 0.216 e. The summed E-state index contributed by atoms with van der Waals surface area (Å²) < 4.78 is 5.34. The van der Waals surface area contributed by atoms with E-state index in [-0.39, 0.29) is 11.2 Å². The van der Waals surface area contributed by atoms with Gasteiger partial charge in [-0.1, -0.05) is 6.08 Å². The maximum absolute atomic E-state index is 11.2. The number of aromatic nitrogens is 1. The number of aromatic amines is 1. The van der Waals surface area contributed by atoms with Gasteiger partial charge >= 0.3 is 0 Å². The highest BCUT2D eigenvalue weighted by molar-refractivity contribution is 8.04. The Morgan fingerprint density at radius 2 is 2.33 bits per heavy atom. The number of aldehydes is 1. The molecule has 1 atom stereocenters. The molecule has 0 spiro atoms. The molecule has 0 radical (unpaired) electrons. The van der Waals surface area contributed by atoms with Crippen molar-refractivity contribution in [1.29, 1.82) is 0 Å². The van der Waals surface area contributed by atoms with Crippen molar-refractivity contribution >= 4 is 34.9 Å². The predicted molar refractivity (Wildman–Crippen MR) is 96.3 cm³/mol. The van der Waals surface area contributed by atoms with Crippen molar-refractivity contribution in [1.82, 2.24) is 10.3 Å². The topological polar surface area (TPSA) is 71.2 Å². The zero-order valence-corrected chi connectivity index (χ0v) is 14.5.